The summed E-state index contributed by atoms with van der Waals surface area (Å²) in [6.45, 7) is 0. The monoisotopic (exact) mass is 123 g/mol. The summed E-state index contributed by atoms with van der Waals surface area (Å²) in [7, 11) is 0. The number of rotatable bonds is 0. The second kappa shape index (κ2) is 1.31. The third kappa shape index (κ3) is 0.455. The van der Waals surface area contributed by atoms with Gasteiger partial charge in [-0.3, -0.25) is 9.15 Å². The van der Waals surface area contributed by atoms with E-state index < -0.39 is 0 Å². The molecule has 0 unspecified atom stereocenters. The lowest BCUT2D eigenvalue weighted by Gasteiger charge is -1.98. The summed E-state index contributed by atoms with van der Waals surface area (Å²) in [5.41, 5.74) is 7.46. The Morgan fingerprint density at radius 3 is 2.56 bits per heavy atom. The Labute approximate surface area is 51.0 Å². The molecule has 2 rings (SSSR count). The first-order valence-corrected chi connectivity index (χ1v) is 2.61. The minimum atomic E-state index is 0.624. The summed E-state index contributed by atoms with van der Waals surface area (Å²) >= 11 is 0. The van der Waals surface area contributed by atoms with Crippen molar-refractivity contribution in [1.29, 1.82) is 0 Å². The summed E-state index contributed by atoms with van der Waals surface area (Å²) in [5, 5.41) is 0. The molecule has 1 aromatic carbocycles. The van der Waals surface area contributed by atoms with Crippen molar-refractivity contribution in [2.75, 3.05) is 5.73 Å². The molecule has 46 valence electrons. The van der Waals surface area contributed by atoms with Gasteiger partial charge < -0.3 is 5.73 Å². The molecule has 0 saturated heterocycles. The highest BCUT2D eigenvalue weighted by atomic mass is 17.0. The van der Waals surface area contributed by atoms with Gasteiger partial charge in [-0.1, -0.05) is 6.07 Å². The normalized spacial score (nSPS) is 10.7. The van der Waals surface area contributed by atoms with Crippen LogP contribution in [0.3, 0.4) is 0 Å². The maximum atomic E-state index is 5.47. The van der Waals surface area contributed by atoms with E-state index in [2.05, 4.69) is 9.15 Å². The van der Waals surface area contributed by atoms with Crippen LogP contribution in [0.5, 0.6) is 0 Å². The number of hydrogen-bond acceptors (Lipinski definition) is 3. The lowest BCUT2D eigenvalue weighted by molar-refractivity contribution is 0.0596. The molecule has 3 nitrogen and oxygen atoms in total. The summed E-state index contributed by atoms with van der Waals surface area (Å²) in [6.07, 6.45) is 0. The molecule has 0 atom stereocenters. The summed E-state index contributed by atoms with van der Waals surface area (Å²) in [6, 6.07) is 5.38. The number of benzene rings is 1. The first-order chi connectivity index (χ1) is 4.38. The molecule has 1 heterocycles. The maximum absolute atomic E-state index is 5.47. The van der Waals surface area contributed by atoms with Gasteiger partial charge in [-0.15, -0.1) is 0 Å². The molecule has 3 heteroatoms. The van der Waals surface area contributed by atoms with Gasteiger partial charge in [0.1, 0.15) is 0 Å². The highest BCUT2D eigenvalue weighted by Gasteiger charge is 2.05. The second-order valence-electron chi connectivity index (χ2n) is 1.84. The fourth-order valence-corrected chi connectivity index (χ4v) is 0.740. The van der Waals surface area contributed by atoms with Crippen LogP contribution in [0.2, 0.25) is 0 Å². The van der Waals surface area contributed by atoms with Crippen LogP contribution in [0.25, 0.3) is 11.2 Å². The van der Waals surface area contributed by atoms with Crippen LogP contribution in [-0.2, 0) is 0 Å². The number of hydrogen-bond donors (Lipinski definition) is 1. The van der Waals surface area contributed by atoms with Gasteiger partial charge in [0.15, 0.2) is 0 Å². The second-order valence-corrected chi connectivity index (χ2v) is 1.84. The third-order valence-electron chi connectivity index (χ3n) is 1.22. The predicted molar refractivity (Wildman–Crippen MR) is 32.9 cm³/mol. The van der Waals surface area contributed by atoms with Crippen LogP contribution in [-0.4, -0.2) is 0 Å². The lowest BCUT2D eigenvalue weighted by Crippen LogP contribution is -1.86. The molecule has 0 spiro atoms. The van der Waals surface area contributed by atoms with Crippen molar-refractivity contribution in [3.63, 3.8) is 0 Å². The number of para-hydroxylation sites is 1. The van der Waals surface area contributed by atoms with Gasteiger partial charge in [-0.25, -0.2) is 0 Å². The smallest absolute Gasteiger partial charge is 0.248 e. The fraction of sp³-hybridized carbons (Fsp3) is 0. The average Bonchev–Trinajstić information content (AvgIpc) is 1.74. The Bertz CT molecular complexity index is 320. The summed E-state index contributed by atoms with van der Waals surface area (Å²) in [5.74, 6) is 0. The number of fused-ring (bicyclic) bond motifs is 1. The standard InChI is InChI=1S/C6H5NO2/c7-4-2-1-3-5-6(4)9-8-5/h1-3H,7H2. The molecule has 0 amide bonds. The number of nitrogens with two attached hydrogens (primary N) is 1. The molecule has 0 aliphatic heterocycles. The first kappa shape index (κ1) is 4.49. The quantitative estimate of drug-likeness (QED) is 0.427. The third-order valence-corrected chi connectivity index (χ3v) is 1.22. The largest absolute Gasteiger partial charge is 0.395 e. The van der Waals surface area contributed by atoms with E-state index in [0.717, 1.165) is 5.58 Å². The lowest BCUT2D eigenvalue weighted by atomic mass is 10.3. The first-order valence-electron chi connectivity index (χ1n) is 2.61. The van der Waals surface area contributed by atoms with Crippen LogP contribution in [0.4, 0.5) is 5.69 Å². The zero-order chi connectivity index (χ0) is 6.27. The van der Waals surface area contributed by atoms with E-state index >= 15 is 0 Å². The van der Waals surface area contributed by atoms with Gasteiger partial charge in [0.25, 0.3) is 0 Å². The van der Waals surface area contributed by atoms with Crippen molar-refractivity contribution >= 4 is 16.9 Å². The van der Waals surface area contributed by atoms with E-state index in [1.54, 1.807) is 12.1 Å². The van der Waals surface area contributed by atoms with Crippen molar-refractivity contribution in [1.82, 2.24) is 0 Å². The van der Waals surface area contributed by atoms with Gasteiger partial charge in [0, 0.05) is 0 Å². The molecule has 0 bridgehead atoms. The van der Waals surface area contributed by atoms with Gasteiger partial charge >= 0.3 is 0 Å². The highest BCUT2D eigenvalue weighted by molar-refractivity contribution is 5.83. The van der Waals surface area contributed by atoms with Crippen LogP contribution in [0.15, 0.2) is 27.4 Å². The van der Waals surface area contributed by atoms with Crippen molar-refractivity contribution < 1.29 is 9.15 Å². The molecule has 0 radical (unpaired) electrons. The van der Waals surface area contributed by atoms with Crippen LogP contribution in [0.1, 0.15) is 0 Å². The van der Waals surface area contributed by atoms with Gasteiger partial charge in [0.05, 0.1) is 5.69 Å². The van der Waals surface area contributed by atoms with Crippen molar-refractivity contribution in [2.24, 2.45) is 0 Å². The topological polar surface area (TPSA) is 52.3 Å². The SMILES string of the molecule is Nc1cccc2ooc12. The Balaban J connectivity index is 2.86. The number of anilines is 1. The van der Waals surface area contributed by atoms with Gasteiger partial charge in [-0.2, -0.15) is 0 Å². The summed E-state index contributed by atoms with van der Waals surface area (Å²) in [4.78, 5) is 0. The van der Waals surface area contributed by atoms with E-state index in [1.807, 2.05) is 6.07 Å². The highest BCUT2D eigenvalue weighted by Crippen LogP contribution is 2.23. The van der Waals surface area contributed by atoms with Crippen LogP contribution in [0, 0.1) is 0 Å². The van der Waals surface area contributed by atoms with E-state index in [-0.39, 0.29) is 0 Å². The van der Waals surface area contributed by atoms with Crippen LogP contribution < -0.4 is 5.73 Å². The van der Waals surface area contributed by atoms with Gasteiger partial charge in [0.2, 0.25) is 11.2 Å². The molecule has 0 aliphatic rings. The van der Waals surface area contributed by atoms with E-state index in [0.29, 0.717) is 11.3 Å². The van der Waals surface area contributed by atoms with Crippen molar-refractivity contribution in [3.8, 4) is 0 Å². The van der Waals surface area contributed by atoms with Crippen LogP contribution >= 0.6 is 0 Å². The van der Waals surface area contributed by atoms with Gasteiger partial charge in [-0.05, 0) is 12.1 Å². The zero-order valence-electron chi connectivity index (χ0n) is 4.63. The predicted octanol–water partition coefficient (Wildman–Crippen LogP) is 1.61. The molecular formula is C6H5NO2. The van der Waals surface area contributed by atoms with E-state index in [9.17, 15) is 0 Å². The molecule has 2 aromatic rings. The molecule has 2 N–H and O–H groups in total. The Hall–Kier alpha value is -1.38. The molecule has 0 fully saturated rings. The van der Waals surface area contributed by atoms with Crippen molar-refractivity contribution in [2.45, 2.75) is 0 Å². The Kier molecular flexibility index (Phi) is 0.656. The molecular weight excluding hydrogens is 118 g/mol. The maximum Gasteiger partial charge on any atom is 0.248 e. The molecule has 9 heavy (non-hydrogen) atoms. The zero-order valence-corrected chi connectivity index (χ0v) is 4.63. The minimum absolute atomic E-state index is 0.624. The Morgan fingerprint density at radius 2 is 2.11 bits per heavy atom. The molecule has 0 aliphatic carbocycles. The van der Waals surface area contributed by atoms with Crippen molar-refractivity contribution in [3.05, 3.63) is 18.2 Å². The fourth-order valence-electron chi connectivity index (χ4n) is 0.740. The van der Waals surface area contributed by atoms with E-state index in [1.165, 1.54) is 0 Å². The molecule has 1 aromatic heterocycles. The van der Waals surface area contributed by atoms with E-state index in [4.69, 9.17) is 5.73 Å². The number of nitrogen functional groups attached to an aromatic ring is 1. The molecule has 0 saturated carbocycles. The summed E-state index contributed by atoms with van der Waals surface area (Å²) < 4.78 is 9.16. The minimum Gasteiger partial charge on any atom is -0.395 e. The Morgan fingerprint density at radius 1 is 1.22 bits per heavy atom. The average molecular weight is 123 g/mol.